The summed E-state index contributed by atoms with van der Waals surface area (Å²) >= 11 is 0. The molecule has 0 aliphatic carbocycles. The Bertz CT molecular complexity index is 474. The molecule has 3 rings (SSSR count). The normalized spacial score (nSPS) is 26.2. The predicted molar refractivity (Wildman–Crippen MR) is 60.8 cm³/mol. The van der Waals surface area contributed by atoms with Gasteiger partial charge in [0.25, 0.3) is 0 Å². The zero-order chi connectivity index (χ0) is 10.3. The first-order valence-electron chi connectivity index (χ1n) is 5.56. The Kier molecular flexibility index (Phi) is 2.03. The number of aromatic nitrogens is 1. The van der Waals surface area contributed by atoms with Crippen LogP contribution < -0.4 is 0 Å². The monoisotopic (exact) mass is 201 g/mol. The van der Waals surface area contributed by atoms with Crippen LogP contribution in [0, 0.1) is 0 Å². The van der Waals surface area contributed by atoms with Crippen molar-refractivity contribution in [1.29, 1.82) is 0 Å². The predicted octanol–water partition coefficient (Wildman–Crippen LogP) is 3.41. The van der Waals surface area contributed by atoms with Crippen molar-refractivity contribution in [2.45, 2.75) is 32.0 Å². The molecule has 1 aromatic carbocycles. The van der Waals surface area contributed by atoms with E-state index in [0.717, 1.165) is 6.42 Å². The van der Waals surface area contributed by atoms with E-state index in [-0.39, 0.29) is 6.10 Å². The van der Waals surface area contributed by atoms with Crippen molar-refractivity contribution >= 4 is 10.9 Å². The zero-order valence-electron chi connectivity index (χ0n) is 8.86. The standard InChI is InChI=1S/C13H15NO/c1-9-6-7-13(15-9)11-8-14-12-5-3-2-4-10(11)12/h2-5,8-9,13-14H,6-7H2,1H3. The average molecular weight is 201 g/mol. The van der Waals surface area contributed by atoms with E-state index in [1.54, 1.807) is 0 Å². The number of hydrogen-bond donors (Lipinski definition) is 1. The van der Waals surface area contributed by atoms with Crippen molar-refractivity contribution in [1.82, 2.24) is 4.98 Å². The van der Waals surface area contributed by atoms with Gasteiger partial charge >= 0.3 is 0 Å². The third-order valence-corrected chi connectivity index (χ3v) is 3.20. The Hall–Kier alpha value is -1.28. The lowest BCUT2D eigenvalue weighted by Crippen LogP contribution is -2.00. The zero-order valence-corrected chi connectivity index (χ0v) is 8.86. The Morgan fingerprint density at radius 3 is 2.93 bits per heavy atom. The van der Waals surface area contributed by atoms with Gasteiger partial charge in [0.2, 0.25) is 0 Å². The quantitative estimate of drug-likeness (QED) is 0.751. The van der Waals surface area contributed by atoms with Gasteiger partial charge in [-0.1, -0.05) is 18.2 Å². The van der Waals surface area contributed by atoms with Gasteiger partial charge in [0.05, 0.1) is 12.2 Å². The summed E-state index contributed by atoms with van der Waals surface area (Å²) in [7, 11) is 0. The summed E-state index contributed by atoms with van der Waals surface area (Å²) in [5.41, 5.74) is 2.52. The van der Waals surface area contributed by atoms with E-state index in [1.807, 2.05) is 0 Å². The number of para-hydroxylation sites is 1. The first kappa shape index (κ1) is 8.98. The summed E-state index contributed by atoms with van der Waals surface area (Å²) in [4.78, 5) is 3.30. The molecule has 1 aliphatic heterocycles. The molecule has 1 aromatic heterocycles. The second-order valence-electron chi connectivity index (χ2n) is 4.30. The SMILES string of the molecule is CC1CCC(c2c[nH]c3ccccc23)O1. The number of nitrogens with one attached hydrogen (secondary N) is 1. The molecule has 2 atom stereocenters. The molecular weight excluding hydrogens is 186 g/mol. The third kappa shape index (κ3) is 1.45. The lowest BCUT2D eigenvalue weighted by atomic mass is 10.1. The first-order chi connectivity index (χ1) is 7.34. The Morgan fingerprint density at radius 2 is 2.13 bits per heavy atom. The van der Waals surface area contributed by atoms with Crippen molar-refractivity contribution in [2.24, 2.45) is 0 Å². The minimum Gasteiger partial charge on any atom is -0.371 e. The number of fused-ring (bicyclic) bond motifs is 1. The second-order valence-corrected chi connectivity index (χ2v) is 4.30. The van der Waals surface area contributed by atoms with Crippen LogP contribution in [-0.2, 0) is 4.74 Å². The van der Waals surface area contributed by atoms with E-state index >= 15 is 0 Å². The lowest BCUT2D eigenvalue weighted by Gasteiger charge is -2.09. The van der Waals surface area contributed by atoms with E-state index < -0.39 is 0 Å². The molecule has 1 saturated heterocycles. The maximum Gasteiger partial charge on any atom is 0.0850 e. The third-order valence-electron chi connectivity index (χ3n) is 3.20. The molecule has 2 unspecified atom stereocenters. The van der Waals surface area contributed by atoms with Crippen LogP contribution in [0.4, 0.5) is 0 Å². The number of ether oxygens (including phenoxy) is 1. The van der Waals surface area contributed by atoms with Gasteiger partial charge in [-0.05, 0) is 25.8 Å². The van der Waals surface area contributed by atoms with Gasteiger partial charge in [0, 0.05) is 22.7 Å². The van der Waals surface area contributed by atoms with Crippen molar-refractivity contribution in [2.75, 3.05) is 0 Å². The second kappa shape index (κ2) is 3.38. The van der Waals surface area contributed by atoms with Gasteiger partial charge in [-0.3, -0.25) is 0 Å². The molecular formula is C13H15NO. The molecule has 15 heavy (non-hydrogen) atoms. The van der Waals surface area contributed by atoms with Crippen LogP contribution in [0.5, 0.6) is 0 Å². The number of rotatable bonds is 1. The summed E-state index contributed by atoms with van der Waals surface area (Å²) in [5.74, 6) is 0. The van der Waals surface area contributed by atoms with Gasteiger partial charge in [-0.25, -0.2) is 0 Å². The number of H-pyrrole nitrogens is 1. The molecule has 1 aliphatic rings. The van der Waals surface area contributed by atoms with Crippen molar-refractivity contribution in [3.63, 3.8) is 0 Å². The van der Waals surface area contributed by atoms with Crippen LogP contribution in [0.25, 0.3) is 10.9 Å². The average Bonchev–Trinajstić information content (AvgIpc) is 2.83. The van der Waals surface area contributed by atoms with Gasteiger partial charge in [0.15, 0.2) is 0 Å². The largest absolute Gasteiger partial charge is 0.371 e. The molecule has 2 heterocycles. The van der Waals surface area contributed by atoms with E-state index in [4.69, 9.17) is 4.74 Å². The van der Waals surface area contributed by atoms with E-state index in [9.17, 15) is 0 Å². The fourth-order valence-electron chi connectivity index (χ4n) is 2.39. The van der Waals surface area contributed by atoms with Crippen molar-refractivity contribution < 1.29 is 4.74 Å². The highest BCUT2D eigenvalue weighted by Crippen LogP contribution is 2.35. The van der Waals surface area contributed by atoms with E-state index in [2.05, 4.69) is 42.4 Å². The fourth-order valence-corrected chi connectivity index (χ4v) is 2.39. The molecule has 0 radical (unpaired) electrons. The first-order valence-corrected chi connectivity index (χ1v) is 5.56. The summed E-state index contributed by atoms with van der Waals surface area (Å²) in [6.07, 6.45) is 5.10. The molecule has 0 spiro atoms. The molecule has 1 fully saturated rings. The number of hydrogen-bond acceptors (Lipinski definition) is 1. The van der Waals surface area contributed by atoms with Gasteiger partial charge in [-0.15, -0.1) is 0 Å². The minimum absolute atomic E-state index is 0.288. The smallest absolute Gasteiger partial charge is 0.0850 e. The molecule has 78 valence electrons. The molecule has 1 N–H and O–H groups in total. The van der Waals surface area contributed by atoms with Gasteiger partial charge in [-0.2, -0.15) is 0 Å². The van der Waals surface area contributed by atoms with Crippen LogP contribution in [0.2, 0.25) is 0 Å². The molecule has 2 nitrogen and oxygen atoms in total. The molecule has 2 heteroatoms. The topological polar surface area (TPSA) is 25.0 Å². The van der Waals surface area contributed by atoms with Crippen LogP contribution >= 0.6 is 0 Å². The van der Waals surface area contributed by atoms with E-state index in [1.165, 1.54) is 22.9 Å². The van der Waals surface area contributed by atoms with Crippen LogP contribution in [-0.4, -0.2) is 11.1 Å². The molecule has 0 bridgehead atoms. The van der Waals surface area contributed by atoms with Crippen molar-refractivity contribution in [3.8, 4) is 0 Å². The lowest BCUT2D eigenvalue weighted by molar-refractivity contribution is 0.0564. The summed E-state index contributed by atoms with van der Waals surface area (Å²) < 4.78 is 5.89. The number of aromatic amines is 1. The number of benzene rings is 1. The summed E-state index contributed by atoms with van der Waals surface area (Å²) in [6.45, 7) is 2.15. The maximum atomic E-state index is 5.89. The Morgan fingerprint density at radius 1 is 1.27 bits per heavy atom. The molecule has 0 amide bonds. The summed E-state index contributed by atoms with van der Waals surface area (Å²) in [5, 5.41) is 1.30. The van der Waals surface area contributed by atoms with Crippen LogP contribution in [0.15, 0.2) is 30.5 Å². The maximum absolute atomic E-state index is 5.89. The molecule has 2 aromatic rings. The fraction of sp³-hybridized carbons (Fsp3) is 0.385. The Labute approximate surface area is 89.3 Å². The Balaban J connectivity index is 2.04. The summed E-state index contributed by atoms with van der Waals surface area (Å²) in [6, 6.07) is 8.41. The highest BCUT2D eigenvalue weighted by Gasteiger charge is 2.25. The van der Waals surface area contributed by atoms with Gasteiger partial charge in [0.1, 0.15) is 0 Å². The van der Waals surface area contributed by atoms with Crippen LogP contribution in [0.3, 0.4) is 0 Å². The van der Waals surface area contributed by atoms with Gasteiger partial charge < -0.3 is 9.72 Å². The van der Waals surface area contributed by atoms with E-state index in [0.29, 0.717) is 6.10 Å². The highest BCUT2D eigenvalue weighted by atomic mass is 16.5. The highest BCUT2D eigenvalue weighted by molar-refractivity contribution is 5.83. The minimum atomic E-state index is 0.288. The molecule has 0 saturated carbocycles. The van der Waals surface area contributed by atoms with Crippen LogP contribution in [0.1, 0.15) is 31.4 Å². The van der Waals surface area contributed by atoms with Crippen molar-refractivity contribution in [3.05, 3.63) is 36.0 Å².